The Morgan fingerprint density at radius 1 is 1.00 bits per heavy atom. The van der Waals surface area contributed by atoms with E-state index in [1.165, 1.54) is 23.4 Å². The predicted molar refractivity (Wildman–Crippen MR) is 87.2 cm³/mol. The van der Waals surface area contributed by atoms with Crippen LogP contribution in [0.1, 0.15) is 32.8 Å². The van der Waals surface area contributed by atoms with Crippen molar-refractivity contribution in [1.82, 2.24) is 0 Å². The molecule has 0 radical (unpaired) electrons. The predicted octanol–water partition coefficient (Wildman–Crippen LogP) is 5.18. The number of rotatable bonds is 1. The molecule has 22 heavy (non-hydrogen) atoms. The molecule has 0 N–H and O–H groups in total. The Morgan fingerprint density at radius 3 is 2.45 bits per heavy atom. The molecule has 1 aliphatic rings. The molecule has 3 heteroatoms. The normalized spacial score (nSPS) is 14.9. The quantitative estimate of drug-likeness (QED) is 0.701. The van der Waals surface area contributed by atoms with E-state index in [1.54, 1.807) is 6.07 Å². The summed E-state index contributed by atoms with van der Waals surface area (Å²) in [6.45, 7) is 7.63. The molecule has 1 heterocycles. The fourth-order valence-electron chi connectivity index (χ4n) is 3.26. The third-order valence-corrected chi connectivity index (χ3v) is 4.29. The van der Waals surface area contributed by atoms with E-state index >= 15 is 0 Å². The average Bonchev–Trinajstić information content (AvgIpc) is 2.48. The van der Waals surface area contributed by atoms with Crippen LogP contribution >= 0.6 is 0 Å². The van der Waals surface area contributed by atoms with Crippen LogP contribution in [-0.4, -0.2) is 12.1 Å². The van der Waals surface area contributed by atoms with Gasteiger partial charge >= 0.3 is 0 Å². The monoisotopic (exact) mass is 301 g/mol. The van der Waals surface area contributed by atoms with Gasteiger partial charge in [-0.3, -0.25) is 0 Å². The van der Waals surface area contributed by atoms with E-state index in [0.717, 1.165) is 30.5 Å². The van der Waals surface area contributed by atoms with E-state index in [9.17, 15) is 8.78 Å². The molecule has 3 rings (SSSR count). The highest BCUT2D eigenvalue weighted by Gasteiger charge is 2.27. The van der Waals surface area contributed by atoms with Gasteiger partial charge in [0.2, 0.25) is 0 Å². The van der Waals surface area contributed by atoms with Crippen LogP contribution in [-0.2, 0) is 6.42 Å². The van der Waals surface area contributed by atoms with Crippen molar-refractivity contribution in [2.75, 3.05) is 11.4 Å². The Kier molecular flexibility index (Phi) is 3.67. The van der Waals surface area contributed by atoms with Crippen molar-refractivity contribution in [2.45, 2.75) is 39.2 Å². The van der Waals surface area contributed by atoms with Crippen LogP contribution in [0.5, 0.6) is 0 Å². The molecule has 0 spiro atoms. The maximum absolute atomic E-state index is 13.6. The molecular weight excluding hydrogens is 280 g/mol. The summed E-state index contributed by atoms with van der Waals surface area (Å²) in [5, 5.41) is 0. The Bertz CT molecular complexity index is 701. The fourth-order valence-corrected chi connectivity index (χ4v) is 3.26. The van der Waals surface area contributed by atoms with E-state index in [0.29, 0.717) is 0 Å². The molecule has 0 aliphatic carbocycles. The highest BCUT2D eigenvalue weighted by atomic mass is 19.2. The zero-order valence-corrected chi connectivity index (χ0v) is 13.3. The fraction of sp³-hybridized carbons (Fsp3) is 0.368. The number of anilines is 1. The van der Waals surface area contributed by atoms with Crippen molar-refractivity contribution in [1.29, 1.82) is 0 Å². The van der Waals surface area contributed by atoms with Gasteiger partial charge in [-0.25, -0.2) is 8.78 Å². The van der Waals surface area contributed by atoms with Gasteiger partial charge in [0.25, 0.3) is 0 Å². The van der Waals surface area contributed by atoms with Crippen LogP contribution in [0.2, 0.25) is 0 Å². The molecule has 0 atom stereocenters. The highest BCUT2D eigenvalue weighted by molar-refractivity contribution is 5.75. The number of halogens is 2. The van der Waals surface area contributed by atoms with Gasteiger partial charge in [-0.05, 0) is 68.5 Å². The molecule has 1 aliphatic heterocycles. The van der Waals surface area contributed by atoms with Crippen LogP contribution in [0.4, 0.5) is 14.5 Å². The third kappa shape index (κ3) is 2.60. The van der Waals surface area contributed by atoms with E-state index < -0.39 is 11.6 Å². The SMILES string of the molecule is CC(C)(C)N1CCCc2c(-c3ccc(F)c(F)c3)cccc21. The third-order valence-electron chi connectivity index (χ3n) is 4.29. The van der Waals surface area contributed by atoms with Crippen molar-refractivity contribution in [3.8, 4) is 11.1 Å². The molecular formula is C19H21F2N. The van der Waals surface area contributed by atoms with E-state index in [4.69, 9.17) is 0 Å². The first kappa shape index (κ1) is 15.0. The number of benzene rings is 2. The molecule has 0 bridgehead atoms. The molecule has 0 amide bonds. The van der Waals surface area contributed by atoms with Crippen LogP contribution in [0.15, 0.2) is 36.4 Å². The lowest BCUT2D eigenvalue weighted by Gasteiger charge is -2.42. The minimum atomic E-state index is -0.801. The van der Waals surface area contributed by atoms with Gasteiger partial charge in [-0.15, -0.1) is 0 Å². The van der Waals surface area contributed by atoms with Crippen LogP contribution < -0.4 is 4.90 Å². The van der Waals surface area contributed by atoms with Crippen LogP contribution in [0.25, 0.3) is 11.1 Å². The Hall–Kier alpha value is -1.90. The van der Waals surface area contributed by atoms with Crippen molar-refractivity contribution in [3.63, 3.8) is 0 Å². The van der Waals surface area contributed by atoms with E-state index in [-0.39, 0.29) is 5.54 Å². The van der Waals surface area contributed by atoms with Crippen molar-refractivity contribution in [2.24, 2.45) is 0 Å². The van der Waals surface area contributed by atoms with Crippen molar-refractivity contribution < 1.29 is 8.78 Å². The Balaban J connectivity index is 2.13. The Labute approximate surface area is 130 Å². The van der Waals surface area contributed by atoms with Crippen molar-refractivity contribution in [3.05, 3.63) is 53.6 Å². The summed E-state index contributed by atoms with van der Waals surface area (Å²) < 4.78 is 26.8. The maximum Gasteiger partial charge on any atom is 0.159 e. The molecule has 116 valence electrons. The molecule has 0 unspecified atom stereocenters. The van der Waals surface area contributed by atoms with Crippen molar-refractivity contribution >= 4 is 5.69 Å². The summed E-state index contributed by atoms with van der Waals surface area (Å²) in [6.07, 6.45) is 2.04. The Morgan fingerprint density at radius 2 is 1.77 bits per heavy atom. The topological polar surface area (TPSA) is 3.24 Å². The molecule has 0 aromatic heterocycles. The average molecular weight is 301 g/mol. The number of hydrogen-bond acceptors (Lipinski definition) is 1. The highest BCUT2D eigenvalue weighted by Crippen LogP contribution is 2.38. The second-order valence-corrected chi connectivity index (χ2v) is 6.86. The first-order valence-electron chi connectivity index (χ1n) is 7.73. The van der Waals surface area contributed by atoms with E-state index in [2.05, 4.69) is 31.7 Å². The van der Waals surface area contributed by atoms with Gasteiger partial charge in [0.15, 0.2) is 11.6 Å². The molecule has 0 saturated carbocycles. The molecule has 0 fully saturated rings. The van der Waals surface area contributed by atoms with Crippen LogP contribution in [0, 0.1) is 11.6 Å². The summed E-state index contributed by atoms with van der Waals surface area (Å²) in [4.78, 5) is 2.40. The maximum atomic E-state index is 13.6. The second-order valence-electron chi connectivity index (χ2n) is 6.86. The lowest BCUT2D eigenvalue weighted by molar-refractivity contribution is 0.483. The van der Waals surface area contributed by atoms with Gasteiger partial charge in [-0.2, -0.15) is 0 Å². The molecule has 2 aromatic carbocycles. The zero-order chi connectivity index (χ0) is 15.9. The van der Waals surface area contributed by atoms with Gasteiger partial charge in [0.05, 0.1) is 0 Å². The summed E-state index contributed by atoms with van der Waals surface area (Å²) in [5.41, 5.74) is 4.23. The first-order valence-corrected chi connectivity index (χ1v) is 7.73. The summed E-state index contributed by atoms with van der Waals surface area (Å²) in [7, 11) is 0. The minimum absolute atomic E-state index is 0.0435. The summed E-state index contributed by atoms with van der Waals surface area (Å²) >= 11 is 0. The molecule has 1 nitrogen and oxygen atoms in total. The summed E-state index contributed by atoms with van der Waals surface area (Å²) in [6, 6.07) is 10.3. The second kappa shape index (κ2) is 5.38. The standard InChI is InChI=1S/C19H21F2N/c1-19(2,3)22-11-5-7-15-14(6-4-8-18(15)22)13-9-10-16(20)17(21)12-13/h4,6,8-10,12H,5,7,11H2,1-3H3. The molecule has 2 aromatic rings. The summed E-state index contributed by atoms with van der Waals surface area (Å²) in [5.74, 6) is -1.59. The van der Waals surface area contributed by atoms with Crippen LogP contribution in [0.3, 0.4) is 0 Å². The lowest BCUT2D eigenvalue weighted by Crippen LogP contribution is -2.44. The van der Waals surface area contributed by atoms with Gasteiger partial charge in [-0.1, -0.05) is 18.2 Å². The van der Waals surface area contributed by atoms with Gasteiger partial charge in [0, 0.05) is 17.8 Å². The number of nitrogens with zero attached hydrogens (tertiary/aromatic N) is 1. The zero-order valence-electron chi connectivity index (χ0n) is 13.3. The number of fused-ring (bicyclic) bond motifs is 1. The largest absolute Gasteiger partial charge is 0.366 e. The smallest absolute Gasteiger partial charge is 0.159 e. The first-order chi connectivity index (χ1) is 10.4. The number of hydrogen-bond donors (Lipinski definition) is 0. The minimum Gasteiger partial charge on any atom is -0.366 e. The molecule has 0 saturated heterocycles. The van der Waals surface area contributed by atoms with Gasteiger partial charge in [0.1, 0.15) is 0 Å². The van der Waals surface area contributed by atoms with E-state index in [1.807, 2.05) is 12.1 Å². The lowest BCUT2D eigenvalue weighted by atomic mass is 9.89. The van der Waals surface area contributed by atoms with Gasteiger partial charge < -0.3 is 4.90 Å².